The fourth-order valence-corrected chi connectivity index (χ4v) is 3.19. The molecule has 0 unspecified atom stereocenters. The van der Waals surface area contributed by atoms with Crippen molar-refractivity contribution in [3.63, 3.8) is 0 Å². The largest absolute Gasteiger partial charge is 0.450 e. The minimum absolute atomic E-state index is 0.324. The van der Waals surface area contributed by atoms with E-state index < -0.39 is 0 Å². The predicted octanol–water partition coefficient (Wildman–Crippen LogP) is 3.37. The Labute approximate surface area is 141 Å². The van der Waals surface area contributed by atoms with Gasteiger partial charge in [-0.05, 0) is 25.0 Å². The summed E-state index contributed by atoms with van der Waals surface area (Å²) in [6.45, 7) is 6.93. The third-order valence-corrected chi connectivity index (χ3v) is 4.80. The van der Waals surface area contributed by atoms with Gasteiger partial charge in [-0.3, -0.25) is 4.72 Å². The van der Waals surface area contributed by atoms with Crippen LogP contribution in [0.2, 0.25) is 0 Å². The molecule has 8 heteroatoms. The number of hydrogen-bond acceptors (Lipinski definition) is 7. The fourth-order valence-electron chi connectivity index (χ4n) is 1.18. The summed E-state index contributed by atoms with van der Waals surface area (Å²) in [4.78, 5) is 11.3. The number of unbranched alkanes of at least 4 members (excludes halogenated alkanes) is 1. The average Bonchev–Trinajstić information content (AvgIpc) is 2.46. The molecule has 0 aromatic heterocycles. The van der Waals surface area contributed by atoms with E-state index in [9.17, 15) is 4.79 Å². The van der Waals surface area contributed by atoms with Gasteiger partial charge >= 0.3 is 6.09 Å². The summed E-state index contributed by atoms with van der Waals surface area (Å²) < 4.78 is 13.7. The molecular formula is C13H28N2O3S3. The van der Waals surface area contributed by atoms with Gasteiger partial charge in [0, 0.05) is 25.4 Å². The van der Waals surface area contributed by atoms with Crippen molar-refractivity contribution in [3.8, 4) is 0 Å². The molecule has 0 heterocycles. The average molecular weight is 357 g/mol. The summed E-state index contributed by atoms with van der Waals surface area (Å²) >= 11 is 1.64. The van der Waals surface area contributed by atoms with Crippen LogP contribution in [0.4, 0.5) is 4.79 Å². The van der Waals surface area contributed by atoms with Crippen molar-refractivity contribution in [1.29, 1.82) is 0 Å². The van der Waals surface area contributed by atoms with E-state index in [-0.39, 0.29) is 6.09 Å². The third kappa shape index (κ3) is 18.2. The van der Waals surface area contributed by atoms with Gasteiger partial charge in [-0.25, -0.2) is 4.79 Å². The molecule has 0 fully saturated rings. The van der Waals surface area contributed by atoms with Crippen LogP contribution in [-0.4, -0.2) is 50.3 Å². The molecule has 0 aliphatic carbocycles. The highest BCUT2D eigenvalue weighted by Gasteiger charge is 2.02. The van der Waals surface area contributed by atoms with E-state index in [2.05, 4.69) is 10.0 Å². The Morgan fingerprint density at radius 2 is 1.95 bits per heavy atom. The molecule has 0 aliphatic heterocycles. The van der Waals surface area contributed by atoms with Crippen molar-refractivity contribution in [2.45, 2.75) is 26.7 Å². The fraction of sp³-hybridized carbons (Fsp3) is 0.923. The Kier molecular flexibility index (Phi) is 16.8. The molecule has 0 radical (unpaired) electrons. The summed E-state index contributed by atoms with van der Waals surface area (Å²) in [5.74, 6) is 2.23. The highest BCUT2D eigenvalue weighted by Crippen LogP contribution is 2.20. The van der Waals surface area contributed by atoms with Gasteiger partial charge in [0.2, 0.25) is 0 Å². The molecule has 0 aliphatic rings. The first-order chi connectivity index (χ1) is 10.2. The normalized spacial score (nSPS) is 10.9. The van der Waals surface area contributed by atoms with Crippen molar-refractivity contribution in [2.75, 3.05) is 44.3 Å². The minimum Gasteiger partial charge on any atom is -0.450 e. The van der Waals surface area contributed by atoms with Gasteiger partial charge in [-0.15, -0.1) is 0 Å². The van der Waals surface area contributed by atoms with Crippen molar-refractivity contribution in [1.82, 2.24) is 10.0 Å². The van der Waals surface area contributed by atoms with E-state index in [0.29, 0.717) is 31.6 Å². The van der Waals surface area contributed by atoms with Crippen LogP contribution in [0, 0.1) is 5.92 Å². The smallest absolute Gasteiger partial charge is 0.407 e. The number of carbonyl (C=O) groups is 1. The summed E-state index contributed by atoms with van der Waals surface area (Å²) in [7, 11) is 3.54. The molecule has 1 amide bonds. The number of ether oxygens (including phenoxy) is 2. The van der Waals surface area contributed by atoms with Crippen LogP contribution >= 0.6 is 33.5 Å². The molecule has 0 saturated heterocycles. The van der Waals surface area contributed by atoms with Crippen LogP contribution in [0.5, 0.6) is 0 Å². The van der Waals surface area contributed by atoms with Crippen molar-refractivity contribution >= 4 is 39.6 Å². The lowest BCUT2D eigenvalue weighted by molar-refractivity contribution is 0.133. The minimum atomic E-state index is -0.324. The van der Waals surface area contributed by atoms with Crippen molar-refractivity contribution in [3.05, 3.63) is 0 Å². The van der Waals surface area contributed by atoms with E-state index >= 15 is 0 Å². The van der Waals surface area contributed by atoms with Crippen LogP contribution in [0.15, 0.2) is 0 Å². The van der Waals surface area contributed by atoms with E-state index in [1.165, 1.54) is 0 Å². The van der Waals surface area contributed by atoms with Crippen LogP contribution in [0.1, 0.15) is 26.7 Å². The zero-order valence-electron chi connectivity index (χ0n) is 13.2. The Hall–Kier alpha value is 0.240. The van der Waals surface area contributed by atoms with E-state index in [1.54, 1.807) is 22.7 Å². The Morgan fingerprint density at radius 1 is 1.19 bits per heavy atom. The second kappa shape index (κ2) is 16.6. The molecule has 0 spiro atoms. The van der Waals surface area contributed by atoms with E-state index in [4.69, 9.17) is 9.47 Å². The van der Waals surface area contributed by atoms with Crippen LogP contribution in [0.3, 0.4) is 0 Å². The molecule has 0 aromatic rings. The van der Waals surface area contributed by atoms with E-state index in [1.807, 2.05) is 30.9 Å². The highest BCUT2D eigenvalue weighted by molar-refractivity contribution is 8.76. The summed E-state index contributed by atoms with van der Waals surface area (Å²) in [5.41, 5.74) is 0. The molecular weight excluding hydrogens is 328 g/mol. The van der Waals surface area contributed by atoms with Gasteiger partial charge in [0.1, 0.15) is 5.94 Å². The summed E-state index contributed by atoms with van der Waals surface area (Å²) in [6.07, 6.45) is 3.45. The molecule has 0 atom stereocenters. The van der Waals surface area contributed by atoms with Gasteiger partial charge in [-0.1, -0.05) is 47.4 Å². The number of amides is 1. The molecule has 126 valence electrons. The maximum atomic E-state index is 11.3. The number of alkyl carbamates (subject to hydrolysis) is 1. The zero-order valence-corrected chi connectivity index (χ0v) is 15.6. The molecule has 0 rings (SSSR count). The Balaban J connectivity index is 3.10. The first-order valence-electron chi connectivity index (χ1n) is 7.15. The lowest BCUT2D eigenvalue weighted by atomic mass is 10.2. The monoisotopic (exact) mass is 356 g/mol. The quantitative estimate of drug-likeness (QED) is 0.214. The van der Waals surface area contributed by atoms with E-state index in [0.717, 1.165) is 25.1 Å². The number of carbonyl (C=O) groups excluding carboxylic acids is 1. The predicted molar refractivity (Wildman–Crippen MR) is 95.8 cm³/mol. The zero-order chi connectivity index (χ0) is 15.8. The maximum Gasteiger partial charge on any atom is 0.407 e. The first kappa shape index (κ1) is 21.2. The topological polar surface area (TPSA) is 59.6 Å². The summed E-state index contributed by atoms with van der Waals surface area (Å²) in [6, 6.07) is 0. The standard InChI is InChI=1S/C13H28N2O3S3/c1-12(2)10-14-13(16)18-8-5-4-7-17-11-21-20-9-6-15-19-3/h12,15H,4-11H2,1-3H3,(H,14,16). The molecule has 0 saturated carbocycles. The van der Waals surface area contributed by atoms with Gasteiger partial charge in [-0.2, -0.15) is 0 Å². The third-order valence-electron chi connectivity index (χ3n) is 2.22. The molecule has 5 nitrogen and oxygen atoms in total. The Bertz CT molecular complexity index is 247. The van der Waals surface area contributed by atoms with Crippen molar-refractivity contribution in [2.24, 2.45) is 5.92 Å². The number of rotatable bonds is 14. The Morgan fingerprint density at radius 3 is 2.67 bits per heavy atom. The molecule has 0 bridgehead atoms. The van der Waals surface area contributed by atoms with Crippen LogP contribution in [-0.2, 0) is 9.47 Å². The second-order valence-corrected chi connectivity index (χ2v) is 7.91. The second-order valence-electron chi connectivity index (χ2n) is 4.68. The first-order valence-corrected chi connectivity index (χ1v) is 10.9. The van der Waals surface area contributed by atoms with Crippen molar-refractivity contribution < 1.29 is 14.3 Å². The van der Waals surface area contributed by atoms with Gasteiger partial charge in [0.25, 0.3) is 0 Å². The van der Waals surface area contributed by atoms with Gasteiger partial charge < -0.3 is 14.8 Å². The number of hydrogen-bond donors (Lipinski definition) is 2. The van der Waals surface area contributed by atoms with Crippen LogP contribution in [0.25, 0.3) is 0 Å². The van der Waals surface area contributed by atoms with Gasteiger partial charge in [0.15, 0.2) is 0 Å². The SMILES string of the molecule is CSNCCSSCOCCCCOC(=O)NCC(C)C. The molecule has 2 N–H and O–H groups in total. The molecule has 0 aromatic carbocycles. The number of nitrogens with one attached hydrogen (secondary N) is 2. The lowest BCUT2D eigenvalue weighted by Gasteiger charge is -2.08. The van der Waals surface area contributed by atoms with Crippen LogP contribution < -0.4 is 10.0 Å². The van der Waals surface area contributed by atoms with Gasteiger partial charge in [0.05, 0.1) is 6.61 Å². The summed E-state index contributed by atoms with van der Waals surface area (Å²) in [5, 5.41) is 2.72. The lowest BCUT2D eigenvalue weighted by Crippen LogP contribution is -2.28. The maximum absolute atomic E-state index is 11.3. The highest BCUT2D eigenvalue weighted by atomic mass is 33.1. The molecule has 21 heavy (non-hydrogen) atoms.